The Hall–Kier alpha value is -0.470. The fourth-order valence-electron chi connectivity index (χ4n) is 1.05. The van der Waals surface area contributed by atoms with Crippen molar-refractivity contribution in [3.63, 3.8) is 0 Å². The summed E-state index contributed by atoms with van der Waals surface area (Å²) in [5, 5.41) is 3.14. The van der Waals surface area contributed by atoms with Crippen LogP contribution in [-0.4, -0.2) is 19.3 Å². The molecule has 0 radical (unpaired) electrons. The molecule has 13 heavy (non-hydrogen) atoms. The van der Waals surface area contributed by atoms with E-state index in [4.69, 9.17) is 0 Å². The van der Waals surface area contributed by atoms with Crippen molar-refractivity contribution in [1.29, 1.82) is 0 Å². The largest absolute Gasteiger partial charge is 0.319 e. The maximum atomic E-state index is 3.14. The van der Waals surface area contributed by atoms with Gasteiger partial charge in [0.15, 0.2) is 0 Å². The molecule has 0 bridgehead atoms. The predicted molar refractivity (Wildman–Crippen MR) is 61.3 cm³/mol. The molecule has 1 N–H and O–H groups in total. The maximum absolute atomic E-state index is 3.14. The normalized spacial score (nSPS) is 10.3. The second-order valence-electron chi connectivity index (χ2n) is 3.14. The Balaban J connectivity index is 2.25. The van der Waals surface area contributed by atoms with Gasteiger partial charge in [-0.05, 0) is 19.5 Å². The molecule has 1 rings (SSSR count). The van der Waals surface area contributed by atoms with E-state index in [-0.39, 0.29) is 0 Å². The number of aryl methyl sites for hydroxylation is 1. The van der Waals surface area contributed by atoms with E-state index in [1.807, 2.05) is 18.8 Å². The lowest BCUT2D eigenvalue weighted by Crippen LogP contribution is -2.09. The molecular weight excluding hydrogens is 178 g/mol. The summed E-state index contributed by atoms with van der Waals surface area (Å²) in [5.41, 5.74) is 2.76. The first-order chi connectivity index (χ1) is 6.33. The van der Waals surface area contributed by atoms with Crippen LogP contribution in [0.5, 0.6) is 0 Å². The summed E-state index contributed by atoms with van der Waals surface area (Å²) in [5.74, 6) is 2.31. The van der Waals surface area contributed by atoms with E-state index in [2.05, 4.69) is 36.5 Å². The molecule has 0 unspecified atom stereocenters. The standard InChI is InChI=1S/C11H17NS/c1-10-3-5-11(6-4-10)9-13-8-7-12-2/h3-6,12H,7-9H2,1-2H3. The molecule has 0 spiro atoms. The smallest absolute Gasteiger partial charge is 0.0185 e. The van der Waals surface area contributed by atoms with Gasteiger partial charge in [0.2, 0.25) is 0 Å². The molecule has 0 fully saturated rings. The summed E-state index contributed by atoms with van der Waals surface area (Å²) >= 11 is 1.97. The summed E-state index contributed by atoms with van der Waals surface area (Å²) in [6, 6.07) is 8.77. The van der Waals surface area contributed by atoms with Crippen LogP contribution in [-0.2, 0) is 5.75 Å². The molecule has 0 aromatic heterocycles. The van der Waals surface area contributed by atoms with E-state index in [0.29, 0.717) is 0 Å². The molecule has 0 aliphatic rings. The molecule has 1 nitrogen and oxygen atoms in total. The molecule has 0 saturated carbocycles. The number of benzene rings is 1. The molecule has 0 saturated heterocycles. The number of hydrogen-bond donors (Lipinski definition) is 1. The lowest BCUT2D eigenvalue weighted by molar-refractivity contribution is 0.872. The minimum absolute atomic E-state index is 1.09. The average molecular weight is 195 g/mol. The molecule has 0 amide bonds. The molecule has 0 aliphatic carbocycles. The van der Waals surface area contributed by atoms with Crippen molar-refractivity contribution in [3.8, 4) is 0 Å². The Morgan fingerprint density at radius 3 is 2.54 bits per heavy atom. The van der Waals surface area contributed by atoms with E-state index in [1.54, 1.807) is 0 Å². The summed E-state index contributed by atoms with van der Waals surface area (Å²) in [6.45, 7) is 3.22. The second kappa shape index (κ2) is 6.06. The van der Waals surface area contributed by atoms with Crippen LogP contribution in [0.15, 0.2) is 24.3 Å². The minimum Gasteiger partial charge on any atom is -0.319 e. The van der Waals surface area contributed by atoms with E-state index in [9.17, 15) is 0 Å². The fraction of sp³-hybridized carbons (Fsp3) is 0.455. The van der Waals surface area contributed by atoms with Gasteiger partial charge in [0.1, 0.15) is 0 Å². The zero-order chi connectivity index (χ0) is 9.52. The van der Waals surface area contributed by atoms with Gasteiger partial charge in [-0.1, -0.05) is 29.8 Å². The van der Waals surface area contributed by atoms with Crippen molar-refractivity contribution >= 4 is 11.8 Å². The van der Waals surface area contributed by atoms with Crippen LogP contribution >= 0.6 is 11.8 Å². The Bertz CT molecular complexity index is 230. The predicted octanol–water partition coefficient (Wildman–Crippen LogP) is 2.45. The minimum atomic E-state index is 1.09. The highest BCUT2D eigenvalue weighted by Gasteiger charge is 1.92. The summed E-state index contributed by atoms with van der Waals surface area (Å²) in [6.07, 6.45) is 0. The number of hydrogen-bond acceptors (Lipinski definition) is 2. The number of rotatable bonds is 5. The third kappa shape index (κ3) is 4.34. The van der Waals surface area contributed by atoms with Crippen LogP contribution in [0.4, 0.5) is 0 Å². The van der Waals surface area contributed by atoms with Crippen molar-refractivity contribution in [2.75, 3.05) is 19.3 Å². The van der Waals surface area contributed by atoms with E-state index in [0.717, 1.165) is 12.3 Å². The first-order valence-corrected chi connectivity index (χ1v) is 5.76. The topological polar surface area (TPSA) is 12.0 Å². The molecule has 1 aromatic carbocycles. The quantitative estimate of drug-likeness (QED) is 0.724. The molecule has 1 aromatic rings. The molecule has 0 heterocycles. The van der Waals surface area contributed by atoms with Gasteiger partial charge in [0.05, 0.1) is 0 Å². The molecule has 2 heteroatoms. The van der Waals surface area contributed by atoms with Gasteiger partial charge in [0, 0.05) is 18.1 Å². The second-order valence-corrected chi connectivity index (χ2v) is 4.25. The highest BCUT2D eigenvalue weighted by molar-refractivity contribution is 7.98. The van der Waals surface area contributed by atoms with Gasteiger partial charge in [0.25, 0.3) is 0 Å². The lowest BCUT2D eigenvalue weighted by Gasteiger charge is -2.01. The number of thioether (sulfide) groups is 1. The highest BCUT2D eigenvalue weighted by Crippen LogP contribution is 2.11. The lowest BCUT2D eigenvalue weighted by atomic mass is 10.2. The van der Waals surface area contributed by atoms with Crippen molar-refractivity contribution in [2.24, 2.45) is 0 Å². The zero-order valence-corrected chi connectivity index (χ0v) is 9.16. The summed E-state index contributed by atoms with van der Waals surface area (Å²) in [4.78, 5) is 0. The van der Waals surface area contributed by atoms with Crippen molar-refractivity contribution < 1.29 is 0 Å². The van der Waals surface area contributed by atoms with Gasteiger partial charge >= 0.3 is 0 Å². The Morgan fingerprint density at radius 2 is 1.92 bits per heavy atom. The third-order valence-electron chi connectivity index (χ3n) is 1.89. The Labute approximate surface area is 84.9 Å². The summed E-state index contributed by atoms with van der Waals surface area (Å²) < 4.78 is 0. The molecule has 0 atom stereocenters. The van der Waals surface area contributed by atoms with Gasteiger partial charge in [-0.15, -0.1) is 0 Å². The Morgan fingerprint density at radius 1 is 1.23 bits per heavy atom. The van der Waals surface area contributed by atoms with Crippen molar-refractivity contribution in [3.05, 3.63) is 35.4 Å². The van der Waals surface area contributed by atoms with Gasteiger partial charge in [-0.25, -0.2) is 0 Å². The molecule has 0 aliphatic heterocycles. The van der Waals surface area contributed by atoms with Crippen molar-refractivity contribution in [1.82, 2.24) is 5.32 Å². The Kier molecular flexibility index (Phi) is 4.94. The third-order valence-corrected chi connectivity index (χ3v) is 2.92. The van der Waals surface area contributed by atoms with Crippen LogP contribution < -0.4 is 5.32 Å². The summed E-state index contributed by atoms with van der Waals surface area (Å²) in [7, 11) is 1.99. The monoisotopic (exact) mass is 195 g/mol. The van der Waals surface area contributed by atoms with E-state index in [1.165, 1.54) is 16.9 Å². The SMILES string of the molecule is CNCCSCc1ccc(C)cc1. The van der Waals surface area contributed by atoms with Gasteiger partial charge in [-0.2, -0.15) is 11.8 Å². The van der Waals surface area contributed by atoms with Crippen LogP contribution in [0.25, 0.3) is 0 Å². The molecule has 72 valence electrons. The van der Waals surface area contributed by atoms with E-state index < -0.39 is 0 Å². The van der Waals surface area contributed by atoms with E-state index >= 15 is 0 Å². The number of nitrogens with one attached hydrogen (secondary N) is 1. The van der Waals surface area contributed by atoms with Crippen LogP contribution in [0.1, 0.15) is 11.1 Å². The average Bonchev–Trinajstić information content (AvgIpc) is 2.15. The van der Waals surface area contributed by atoms with Crippen LogP contribution in [0.3, 0.4) is 0 Å². The maximum Gasteiger partial charge on any atom is 0.0185 e. The van der Waals surface area contributed by atoms with Crippen LogP contribution in [0.2, 0.25) is 0 Å². The first-order valence-electron chi connectivity index (χ1n) is 4.61. The zero-order valence-electron chi connectivity index (χ0n) is 8.34. The van der Waals surface area contributed by atoms with Crippen molar-refractivity contribution in [2.45, 2.75) is 12.7 Å². The fourth-order valence-corrected chi connectivity index (χ4v) is 1.97. The van der Waals surface area contributed by atoms with Gasteiger partial charge in [-0.3, -0.25) is 0 Å². The first kappa shape index (κ1) is 10.6. The van der Waals surface area contributed by atoms with Crippen LogP contribution in [0, 0.1) is 6.92 Å². The highest BCUT2D eigenvalue weighted by atomic mass is 32.2. The molecular formula is C11H17NS. The van der Waals surface area contributed by atoms with Gasteiger partial charge < -0.3 is 5.32 Å².